The molecule has 2 unspecified atom stereocenters. The third-order valence-electron chi connectivity index (χ3n) is 2.65. The highest BCUT2D eigenvalue weighted by Gasteiger charge is 2.32. The van der Waals surface area contributed by atoms with E-state index >= 15 is 0 Å². The lowest BCUT2D eigenvalue weighted by molar-refractivity contribution is 0.0151. The van der Waals surface area contributed by atoms with Crippen molar-refractivity contribution in [1.29, 1.82) is 5.26 Å². The topological polar surface area (TPSA) is 44.0 Å². The van der Waals surface area contributed by atoms with E-state index in [0.717, 1.165) is 0 Å². The molecule has 0 radical (unpaired) electrons. The number of nitriles is 1. The van der Waals surface area contributed by atoms with E-state index in [1.54, 1.807) is 31.2 Å². The van der Waals surface area contributed by atoms with Crippen molar-refractivity contribution in [3.63, 3.8) is 0 Å². The maximum absolute atomic E-state index is 10.3. The summed E-state index contributed by atoms with van der Waals surface area (Å²) in [4.78, 5) is 0. The molecule has 0 aliphatic rings. The predicted molar refractivity (Wildman–Crippen MR) is 60.4 cm³/mol. The van der Waals surface area contributed by atoms with Crippen molar-refractivity contribution < 1.29 is 5.11 Å². The molecule has 0 bridgehead atoms. The molecular formula is C12H14ClNO. The summed E-state index contributed by atoms with van der Waals surface area (Å²) in [5, 5.41) is 19.8. The summed E-state index contributed by atoms with van der Waals surface area (Å²) in [6.45, 7) is 3.53. The van der Waals surface area contributed by atoms with Crippen LogP contribution in [0.5, 0.6) is 0 Å². The molecule has 0 fully saturated rings. The summed E-state index contributed by atoms with van der Waals surface area (Å²) in [6, 6.07) is 9.12. The second-order valence-electron chi connectivity index (χ2n) is 3.75. The largest absolute Gasteiger partial charge is 0.384 e. The van der Waals surface area contributed by atoms with E-state index in [4.69, 9.17) is 16.9 Å². The summed E-state index contributed by atoms with van der Waals surface area (Å²) in [5.41, 5.74) is -0.461. The summed E-state index contributed by atoms with van der Waals surface area (Å²) in [5.74, 6) is -0.420. The fraction of sp³-hybridized carbons (Fsp3) is 0.417. The number of halogens is 1. The average Bonchev–Trinajstić information content (AvgIpc) is 2.19. The van der Waals surface area contributed by atoms with Crippen LogP contribution in [0.25, 0.3) is 0 Å². The van der Waals surface area contributed by atoms with Crippen molar-refractivity contribution in [2.75, 3.05) is 0 Å². The second-order valence-corrected chi connectivity index (χ2v) is 4.18. The first-order valence-electron chi connectivity index (χ1n) is 4.90. The highest BCUT2D eigenvalue weighted by atomic mass is 35.5. The number of hydrogen-bond acceptors (Lipinski definition) is 2. The summed E-state index contributed by atoms with van der Waals surface area (Å²) >= 11 is 5.85. The Hall–Kier alpha value is -1.04. The minimum absolute atomic E-state index is 0.420. The van der Waals surface area contributed by atoms with E-state index in [0.29, 0.717) is 17.0 Å². The number of nitrogens with zero attached hydrogens (tertiary/aromatic N) is 1. The van der Waals surface area contributed by atoms with Crippen LogP contribution < -0.4 is 0 Å². The zero-order valence-electron chi connectivity index (χ0n) is 8.87. The maximum Gasteiger partial charge on any atom is 0.103 e. The number of hydrogen-bond donors (Lipinski definition) is 1. The molecule has 0 saturated heterocycles. The van der Waals surface area contributed by atoms with Crippen LogP contribution in [0.15, 0.2) is 24.3 Å². The molecule has 3 heteroatoms. The highest BCUT2D eigenvalue weighted by Crippen LogP contribution is 2.32. The van der Waals surface area contributed by atoms with Gasteiger partial charge in [-0.25, -0.2) is 0 Å². The standard InChI is InChI=1S/C12H14ClNO/c1-3-9(8-14)12(2,15)10-5-4-6-11(13)7-10/h4-7,9,15H,3H2,1-2H3. The van der Waals surface area contributed by atoms with E-state index < -0.39 is 11.5 Å². The van der Waals surface area contributed by atoms with Crippen molar-refractivity contribution in [3.8, 4) is 6.07 Å². The molecule has 15 heavy (non-hydrogen) atoms. The third kappa shape index (κ3) is 2.50. The molecule has 0 amide bonds. The molecule has 1 aromatic carbocycles. The number of aliphatic hydroxyl groups is 1. The molecule has 1 rings (SSSR count). The lowest BCUT2D eigenvalue weighted by Gasteiger charge is -2.28. The van der Waals surface area contributed by atoms with Gasteiger partial charge in [-0.05, 0) is 31.0 Å². The maximum atomic E-state index is 10.3. The van der Waals surface area contributed by atoms with Crippen molar-refractivity contribution in [1.82, 2.24) is 0 Å². The first kappa shape index (κ1) is 12.0. The molecule has 0 aliphatic heterocycles. The minimum Gasteiger partial charge on any atom is -0.384 e. The Morgan fingerprint density at radius 3 is 2.73 bits per heavy atom. The van der Waals surface area contributed by atoms with E-state index in [1.807, 2.05) is 6.92 Å². The summed E-state index contributed by atoms with van der Waals surface area (Å²) < 4.78 is 0. The van der Waals surface area contributed by atoms with Crippen molar-refractivity contribution in [2.24, 2.45) is 5.92 Å². The molecule has 1 N–H and O–H groups in total. The van der Waals surface area contributed by atoms with Crippen LogP contribution in [0.3, 0.4) is 0 Å². The molecule has 0 saturated carbocycles. The lowest BCUT2D eigenvalue weighted by atomic mass is 9.82. The van der Waals surface area contributed by atoms with Gasteiger partial charge in [-0.3, -0.25) is 0 Å². The predicted octanol–water partition coefficient (Wildman–Crippen LogP) is 3.10. The Bertz CT molecular complexity index is 381. The second kappa shape index (κ2) is 4.65. The van der Waals surface area contributed by atoms with Gasteiger partial charge in [0.1, 0.15) is 5.60 Å². The van der Waals surface area contributed by atoms with Gasteiger partial charge in [-0.1, -0.05) is 30.7 Å². The van der Waals surface area contributed by atoms with Gasteiger partial charge in [-0.2, -0.15) is 5.26 Å². The summed E-state index contributed by atoms with van der Waals surface area (Å²) in [7, 11) is 0. The zero-order chi connectivity index (χ0) is 11.5. The Kier molecular flexibility index (Phi) is 3.73. The van der Waals surface area contributed by atoms with Crippen LogP contribution >= 0.6 is 11.6 Å². The number of rotatable bonds is 3. The molecule has 2 atom stereocenters. The normalized spacial score (nSPS) is 16.5. The van der Waals surface area contributed by atoms with Gasteiger partial charge in [0.2, 0.25) is 0 Å². The SMILES string of the molecule is CCC(C#N)C(C)(O)c1cccc(Cl)c1. The molecule has 0 spiro atoms. The average molecular weight is 224 g/mol. The smallest absolute Gasteiger partial charge is 0.103 e. The first-order valence-corrected chi connectivity index (χ1v) is 5.28. The molecule has 1 aromatic rings. The van der Waals surface area contributed by atoms with E-state index in [-0.39, 0.29) is 0 Å². The van der Waals surface area contributed by atoms with Crippen LogP contribution in [0.4, 0.5) is 0 Å². The van der Waals surface area contributed by atoms with Gasteiger partial charge in [0.05, 0.1) is 12.0 Å². The van der Waals surface area contributed by atoms with Crippen molar-refractivity contribution in [3.05, 3.63) is 34.9 Å². The van der Waals surface area contributed by atoms with Crippen LogP contribution in [0.2, 0.25) is 5.02 Å². The minimum atomic E-state index is -1.14. The van der Waals surface area contributed by atoms with Gasteiger partial charge >= 0.3 is 0 Å². The van der Waals surface area contributed by atoms with Gasteiger partial charge in [0, 0.05) is 5.02 Å². The van der Waals surface area contributed by atoms with E-state index in [9.17, 15) is 5.11 Å². The van der Waals surface area contributed by atoms with Gasteiger partial charge < -0.3 is 5.11 Å². The summed E-state index contributed by atoms with van der Waals surface area (Å²) in [6.07, 6.45) is 0.607. The molecular weight excluding hydrogens is 210 g/mol. The molecule has 80 valence electrons. The third-order valence-corrected chi connectivity index (χ3v) is 2.89. The van der Waals surface area contributed by atoms with Gasteiger partial charge in [-0.15, -0.1) is 0 Å². The van der Waals surface area contributed by atoms with Crippen LogP contribution in [-0.2, 0) is 5.60 Å². The van der Waals surface area contributed by atoms with Gasteiger partial charge in [0.25, 0.3) is 0 Å². The molecule has 2 nitrogen and oxygen atoms in total. The fourth-order valence-corrected chi connectivity index (χ4v) is 1.81. The Labute approximate surface area is 95.1 Å². The van der Waals surface area contributed by atoms with Crippen molar-refractivity contribution in [2.45, 2.75) is 25.9 Å². The Balaban J connectivity index is 3.10. The molecule has 0 aliphatic carbocycles. The van der Waals surface area contributed by atoms with Crippen LogP contribution in [0, 0.1) is 17.2 Å². The molecule has 0 heterocycles. The first-order chi connectivity index (χ1) is 7.02. The van der Waals surface area contributed by atoms with Crippen LogP contribution in [-0.4, -0.2) is 5.11 Å². The number of benzene rings is 1. The molecule has 0 aromatic heterocycles. The Morgan fingerprint density at radius 2 is 2.27 bits per heavy atom. The van der Waals surface area contributed by atoms with E-state index in [2.05, 4.69) is 6.07 Å². The fourth-order valence-electron chi connectivity index (χ4n) is 1.62. The van der Waals surface area contributed by atoms with Gasteiger partial charge in [0.15, 0.2) is 0 Å². The zero-order valence-corrected chi connectivity index (χ0v) is 9.62. The van der Waals surface area contributed by atoms with Crippen molar-refractivity contribution >= 4 is 11.6 Å². The van der Waals surface area contributed by atoms with E-state index in [1.165, 1.54) is 0 Å². The quantitative estimate of drug-likeness (QED) is 0.856. The Morgan fingerprint density at radius 1 is 1.60 bits per heavy atom. The lowest BCUT2D eigenvalue weighted by Crippen LogP contribution is -2.30. The highest BCUT2D eigenvalue weighted by molar-refractivity contribution is 6.30. The monoisotopic (exact) mass is 223 g/mol. The van der Waals surface area contributed by atoms with Crippen LogP contribution in [0.1, 0.15) is 25.8 Å².